The molecule has 0 heterocycles. The molecule has 0 N–H and O–H groups in total. The first-order valence-electron chi connectivity index (χ1n) is 5.05. The molecule has 1 fully saturated rings. The van der Waals surface area contributed by atoms with Crippen molar-refractivity contribution in [3.8, 4) is 0 Å². The van der Waals surface area contributed by atoms with Gasteiger partial charge in [0.05, 0.1) is 12.7 Å². The first-order chi connectivity index (χ1) is 7.24. The smallest absolute Gasteiger partial charge is 0.338 e. The van der Waals surface area contributed by atoms with Gasteiger partial charge in [0.25, 0.3) is 0 Å². The van der Waals surface area contributed by atoms with Crippen molar-refractivity contribution in [3.63, 3.8) is 0 Å². The number of carbonyl (C=O) groups is 1. The normalized spacial score (nSPS) is 24.4. The molecule has 0 aliphatic heterocycles. The largest absolute Gasteiger partial charge is 0.465 e. The third-order valence-corrected chi connectivity index (χ3v) is 3.48. The minimum Gasteiger partial charge on any atom is -0.465 e. The van der Waals surface area contributed by atoms with Gasteiger partial charge in [-0.1, -0.05) is 18.2 Å². The molecule has 1 aromatic carbocycles. The number of ether oxygens (including phenoxy) is 1. The second-order valence-electron chi connectivity index (χ2n) is 3.78. The lowest BCUT2D eigenvalue weighted by Crippen LogP contribution is -2.26. The van der Waals surface area contributed by atoms with Crippen molar-refractivity contribution in [1.29, 1.82) is 0 Å². The van der Waals surface area contributed by atoms with Crippen LogP contribution in [0.3, 0.4) is 0 Å². The van der Waals surface area contributed by atoms with E-state index in [1.807, 2.05) is 18.2 Å². The van der Waals surface area contributed by atoms with Gasteiger partial charge in [-0.3, -0.25) is 0 Å². The van der Waals surface area contributed by atoms with E-state index in [0.29, 0.717) is 11.5 Å². The lowest BCUT2D eigenvalue weighted by molar-refractivity contribution is 0.0598. The summed E-state index contributed by atoms with van der Waals surface area (Å²) in [5.74, 6) is 0.0309. The van der Waals surface area contributed by atoms with Gasteiger partial charge in [0.15, 0.2) is 0 Å². The van der Waals surface area contributed by atoms with Crippen LogP contribution in [0.5, 0.6) is 0 Å². The zero-order valence-corrected chi connectivity index (χ0v) is 9.33. The third-order valence-electron chi connectivity index (χ3n) is 2.96. The van der Waals surface area contributed by atoms with Gasteiger partial charge >= 0.3 is 5.97 Å². The Bertz CT molecular complexity index is 376. The zero-order valence-electron chi connectivity index (χ0n) is 8.57. The van der Waals surface area contributed by atoms with Gasteiger partial charge in [-0.15, -0.1) is 11.6 Å². The lowest BCUT2D eigenvalue weighted by Gasteiger charge is -2.33. The van der Waals surface area contributed by atoms with Crippen molar-refractivity contribution >= 4 is 17.6 Å². The van der Waals surface area contributed by atoms with Crippen LogP contribution in [0.2, 0.25) is 0 Å². The van der Waals surface area contributed by atoms with E-state index < -0.39 is 0 Å². The molecule has 0 spiro atoms. The number of methoxy groups -OCH3 is 1. The summed E-state index contributed by atoms with van der Waals surface area (Å²) in [6.45, 7) is 0. The van der Waals surface area contributed by atoms with E-state index in [1.165, 1.54) is 7.11 Å². The van der Waals surface area contributed by atoms with Crippen LogP contribution in [0, 0.1) is 0 Å². The van der Waals surface area contributed by atoms with Crippen molar-refractivity contribution in [2.45, 2.75) is 24.1 Å². The highest BCUT2D eigenvalue weighted by atomic mass is 35.5. The van der Waals surface area contributed by atoms with Crippen LogP contribution in [0.1, 0.15) is 34.7 Å². The standard InChI is InChI=1S/C12H13ClO2/c1-15-12(14)10-5-3-2-4-8(10)9-6-7-11(9)13/h2-5,9,11H,6-7H2,1H3. The highest BCUT2D eigenvalue weighted by Gasteiger charge is 2.32. The Hall–Kier alpha value is -1.02. The molecule has 0 amide bonds. The lowest BCUT2D eigenvalue weighted by atomic mass is 9.77. The van der Waals surface area contributed by atoms with Crippen molar-refractivity contribution in [3.05, 3.63) is 35.4 Å². The number of carbonyl (C=O) groups excluding carboxylic acids is 1. The van der Waals surface area contributed by atoms with E-state index in [9.17, 15) is 4.79 Å². The highest BCUT2D eigenvalue weighted by molar-refractivity contribution is 6.21. The fourth-order valence-corrected chi connectivity index (χ4v) is 2.31. The van der Waals surface area contributed by atoms with Gasteiger partial charge in [0.1, 0.15) is 0 Å². The van der Waals surface area contributed by atoms with Gasteiger partial charge in [-0.25, -0.2) is 4.79 Å². The van der Waals surface area contributed by atoms with Crippen LogP contribution >= 0.6 is 11.6 Å². The van der Waals surface area contributed by atoms with Crippen LogP contribution in [0.25, 0.3) is 0 Å². The molecule has 80 valence electrons. The Balaban J connectivity index is 2.33. The van der Waals surface area contributed by atoms with Gasteiger partial charge in [0.2, 0.25) is 0 Å². The van der Waals surface area contributed by atoms with E-state index >= 15 is 0 Å². The molecule has 0 saturated heterocycles. The SMILES string of the molecule is COC(=O)c1ccccc1C1CCC1Cl. The van der Waals surface area contributed by atoms with E-state index in [1.54, 1.807) is 6.07 Å². The van der Waals surface area contributed by atoms with Gasteiger partial charge in [-0.2, -0.15) is 0 Å². The summed E-state index contributed by atoms with van der Waals surface area (Å²) in [4.78, 5) is 11.5. The maximum Gasteiger partial charge on any atom is 0.338 e. The monoisotopic (exact) mass is 224 g/mol. The summed E-state index contributed by atoms with van der Waals surface area (Å²) in [6, 6.07) is 7.54. The number of hydrogen-bond donors (Lipinski definition) is 0. The van der Waals surface area contributed by atoms with Gasteiger partial charge in [-0.05, 0) is 24.5 Å². The number of benzene rings is 1. The minimum atomic E-state index is -0.277. The van der Waals surface area contributed by atoms with E-state index in [-0.39, 0.29) is 11.3 Å². The van der Waals surface area contributed by atoms with Crippen LogP contribution in [-0.2, 0) is 4.74 Å². The Kier molecular flexibility index (Phi) is 2.96. The van der Waals surface area contributed by atoms with Crippen molar-refractivity contribution in [1.82, 2.24) is 0 Å². The van der Waals surface area contributed by atoms with Crippen molar-refractivity contribution < 1.29 is 9.53 Å². The Morgan fingerprint density at radius 2 is 2.13 bits per heavy atom. The van der Waals surface area contributed by atoms with Crippen LogP contribution < -0.4 is 0 Å². The molecular formula is C12H13ClO2. The fourth-order valence-electron chi connectivity index (χ4n) is 1.93. The number of rotatable bonds is 2. The quantitative estimate of drug-likeness (QED) is 0.570. The molecule has 15 heavy (non-hydrogen) atoms. The summed E-state index contributed by atoms with van der Waals surface area (Å²) in [7, 11) is 1.40. The Labute approximate surface area is 94.2 Å². The predicted molar refractivity (Wildman–Crippen MR) is 59.4 cm³/mol. The molecule has 2 nitrogen and oxygen atoms in total. The zero-order chi connectivity index (χ0) is 10.8. The number of esters is 1. The maximum absolute atomic E-state index is 11.5. The van der Waals surface area contributed by atoms with E-state index in [2.05, 4.69) is 0 Å². The second-order valence-corrected chi connectivity index (χ2v) is 4.34. The predicted octanol–water partition coefficient (Wildman–Crippen LogP) is 2.96. The third kappa shape index (κ3) is 1.86. The molecule has 1 aromatic rings. The summed E-state index contributed by atoms with van der Waals surface area (Å²) < 4.78 is 4.75. The molecule has 0 radical (unpaired) electrons. The summed E-state index contributed by atoms with van der Waals surface area (Å²) in [5.41, 5.74) is 1.67. The molecule has 2 unspecified atom stereocenters. The minimum absolute atomic E-state index is 0.163. The molecule has 2 atom stereocenters. The molecule has 3 heteroatoms. The number of halogens is 1. The Morgan fingerprint density at radius 1 is 1.40 bits per heavy atom. The summed E-state index contributed by atoms with van der Waals surface area (Å²) in [6.07, 6.45) is 2.09. The molecular weight excluding hydrogens is 212 g/mol. The van der Waals surface area contributed by atoms with Crippen LogP contribution in [-0.4, -0.2) is 18.5 Å². The molecule has 1 aliphatic rings. The molecule has 0 bridgehead atoms. The van der Waals surface area contributed by atoms with Crippen molar-refractivity contribution in [2.75, 3.05) is 7.11 Å². The fraction of sp³-hybridized carbons (Fsp3) is 0.417. The average molecular weight is 225 g/mol. The topological polar surface area (TPSA) is 26.3 Å². The maximum atomic E-state index is 11.5. The molecule has 2 rings (SSSR count). The Morgan fingerprint density at radius 3 is 2.67 bits per heavy atom. The average Bonchev–Trinajstić information content (AvgIpc) is 2.27. The van der Waals surface area contributed by atoms with Gasteiger partial charge in [0, 0.05) is 11.3 Å². The first kappa shape index (κ1) is 10.5. The number of alkyl halides is 1. The van der Waals surface area contributed by atoms with E-state index in [0.717, 1.165) is 18.4 Å². The first-order valence-corrected chi connectivity index (χ1v) is 5.49. The number of hydrogen-bond acceptors (Lipinski definition) is 2. The van der Waals surface area contributed by atoms with Crippen LogP contribution in [0.4, 0.5) is 0 Å². The highest BCUT2D eigenvalue weighted by Crippen LogP contribution is 2.42. The van der Waals surface area contributed by atoms with Crippen molar-refractivity contribution in [2.24, 2.45) is 0 Å². The van der Waals surface area contributed by atoms with E-state index in [4.69, 9.17) is 16.3 Å². The van der Waals surface area contributed by atoms with Crippen LogP contribution in [0.15, 0.2) is 24.3 Å². The second kappa shape index (κ2) is 4.23. The molecule has 1 aliphatic carbocycles. The summed E-state index contributed by atoms with van der Waals surface area (Å²) >= 11 is 6.12. The summed E-state index contributed by atoms with van der Waals surface area (Å²) in [5, 5.41) is 0.163. The van der Waals surface area contributed by atoms with Gasteiger partial charge < -0.3 is 4.74 Å². The molecule has 0 aromatic heterocycles. The molecule has 1 saturated carbocycles.